The summed E-state index contributed by atoms with van der Waals surface area (Å²) in [4.78, 5) is 60.4. The third kappa shape index (κ3) is 22.6. The zero-order valence-electron chi connectivity index (χ0n) is 73.9. The number of carbonyl (C=O) groups is 1. The summed E-state index contributed by atoms with van der Waals surface area (Å²) in [5.74, 6) is -0.354. The quantitative estimate of drug-likeness (QED) is 0.0184. The molecule has 1 aliphatic carbocycles. The van der Waals surface area contributed by atoms with Crippen LogP contribution < -0.4 is 41.4 Å². The summed E-state index contributed by atoms with van der Waals surface area (Å²) in [6, 6.07) is 24.8. The zero-order chi connectivity index (χ0) is 97.0. The van der Waals surface area contributed by atoms with Crippen molar-refractivity contribution in [3.8, 4) is 23.0 Å². The lowest BCUT2D eigenvalue weighted by molar-refractivity contribution is -0.334. The lowest BCUT2D eigenvalue weighted by Gasteiger charge is -2.47. The van der Waals surface area contributed by atoms with Crippen molar-refractivity contribution in [1.82, 2.24) is 0 Å². The highest BCUT2D eigenvalue weighted by Crippen LogP contribution is 2.50. The Bertz CT molecular complexity index is 5640. The van der Waals surface area contributed by atoms with Gasteiger partial charge in [-0.3, -0.25) is 0 Å². The Morgan fingerprint density at radius 3 is 1.33 bits per heavy atom. The van der Waals surface area contributed by atoms with Gasteiger partial charge < -0.3 is 177 Å². The molecule has 1 saturated carbocycles. The highest BCUT2D eigenvalue weighted by Gasteiger charge is 2.56. The second kappa shape index (κ2) is 43.3. The number of allylic oxidation sites excluding steroid dienone is 5. The van der Waals surface area contributed by atoms with Gasteiger partial charge in [0.1, 0.15) is 185 Å². The Labute approximate surface area is 757 Å². The summed E-state index contributed by atoms with van der Waals surface area (Å²) < 4.78 is 91.0. The van der Waals surface area contributed by atoms with Gasteiger partial charge >= 0.3 is 28.5 Å². The fourth-order valence-electron chi connectivity index (χ4n) is 16.2. The molecule has 6 aliphatic heterocycles. The number of fused-ring (bicyclic) bond motifs is 8. The van der Waals surface area contributed by atoms with Crippen LogP contribution in [-0.4, -0.2) is 312 Å². The van der Waals surface area contributed by atoms with Crippen molar-refractivity contribution >= 4 is 49.8 Å². The maximum absolute atomic E-state index is 13.1. The molecule has 20 N–H and O–H groups in total. The summed E-state index contributed by atoms with van der Waals surface area (Å²) in [6.07, 6.45) is -33.9. The van der Waals surface area contributed by atoms with E-state index in [9.17, 15) is 126 Å². The summed E-state index contributed by atoms with van der Waals surface area (Å²) in [5, 5.41) is 205. The number of rotatable bonds is 21. The van der Waals surface area contributed by atoms with E-state index in [4.69, 9.17) is 74.5 Å². The van der Waals surface area contributed by atoms with Crippen LogP contribution in [0.25, 0.3) is 43.9 Å². The first-order valence-electron chi connectivity index (χ1n) is 42.9. The molecule has 5 fully saturated rings. The molecule has 8 aromatic rings. The average molecular weight is 1880 g/mol. The molecule has 41 nitrogen and oxygen atoms in total. The molecule has 133 heavy (non-hydrogen) atoms. The fraction of sp³-hybridized carbons (Fsp3) is 0.533. The first-order chi connectivity index (χ1) is 62.9. The minimum atomic E-state index is -1.81. The van der Waals surface area contributed by atoms with Gasteiger partial charge in [0, 0.05) is 75.5 Å². The Morgan fingerprint density at radius 1 is 0.421 bits per heavy atom. The number of aliphatic hydroxyl groups excluding tert-OH is 20. The van der Waals surface area contributed by atoms with E-state index >= 15 is 0 Å². The van der Waals surface area contributed by atoms with Crippen LogP contribution in [0.3, 0.4) is 0 Å². The van der Waals surface area contributed by atoms with Crippen molar-refractivity contribution in [3.05, 3.63) is 196 Å². The molecule has 29 atom stereocenters. The van der Waals surface area contributed by atoms with E-state index < -0.39 is 250 Å². The van der Waals surface area contributed by atoms with E-state index in [0.29, 0.717) is 68.4 Å². The number of hydrogen-bond acceptors (Lipinski definition) is 41. The molecular weight excluding hydrogens is 1760 g/mol. The number of ether oxygens (including phenoxy) is 12. The van der Waals surface area contributed by atoms with E-state index in [1.54, 1.807) is 108 Å². The molecular formula is C92H114O41. The predicted molar refractivity (Wildman–Crippen MR) is 461 cm³/mol. The molecule has 7 aliphatic rings. The van der Waals surface area contributed by atoms with Crippen LogP contribution in [0.4, 0.5) is 0 Å². The second-order valence-electron chi connectivity index (χ2n) is 34.9. The van der Waals surface area contributed by atoms with Crippen molar-refractivity contribution in [2.75, 3.05) is 33.0 Å². The first kappa shape index (κ1) is 102. The van der Waals surface area contributed by atoms with E-state index in [1.165, 1.54) is 36.4 Å². The highest BCUT2D eigenvalue weighted by atomic mass is 16.7. The van der Waals surface area contributed by atoms with Gasteiger partial charge in [0.15, 0.2) is 18.7 Å². The van der Waals surface area contributed by atoms with Gasteiger partial charge in [0.05, 0.1) is 49.8 Å². The fourth-order valence-corrected chi connectivity index (χ4v) is 16.2. The largest absolute Gasteiger partial charge is 0.484 e. The van der Waals surface area contributed by atoms with E-state index in [1.807, 2.05) is 39.8 Å². The third-order valence-electron chi connectivity index (χ3n) is 24.0. The van der Waals surface area contributed by atoms with Gasteiger partial charge in [0.25, 0.3) is 0 Å². The predicted octanol–water partition coefficient (Wildman–Crippen LogP) is -0.669. The van der Waals surface area contributed by atoms with Crippen molar-refractivity contribution < 1.29 is 181 Å². The Hall–Kier alpha value is -9.47. The summed E-state index contributed by atoms with van der Waals surface area (Å²) >= 11 is 0. The highest BCUT2D eigenvalue weighted by molar-refractivity contribution is 5.89. The summed E-state index contributed by atoms with van der Waals surface area (Å²) in [6.45, 7) is 14.9. The number of carbonyl (C=O) groups excluding carboxylic acids is 1. The van der Waals surface area contributed by atoms with Gasteiger partial charge in [0.2, 0.25) is 12.6 Å². The molecule has 41 heteroatoms. The lowest BCUT2D eigenvalue weighted by atomic mass is 9.81. The maximum Gasteiger partial charge on any atom is 0.336 e. The van der Waals surface area contributed by atoms with Crippen LogP contribution in [0.15, 0.2) is 169 Å². The van der Waals surface area contributed by atoms with Gasteiger partial charge in [-0.15, -0.1) is 0 Å². The molecule has 10 heterocycles. The normalized spacial score (nSPS) is 32.8. The summed E-state index contributed by atoms with van der Waals surface area (Å²) in [7, 11) is 0. The van der Waals surface area contributed by atoms with Crippen molar-refractivity contribution in [2.45, 2.75) is 271 Å². The lowest BCUT2D eigenvalue weighted by Crippen LogP contribution is -2.62. The van der Waals surface area contributed by atoms with Crippen molar-refractivity contribution in [1.29, 1.82) is 0 Å². The molecule has 4 saturated heterocycles. The smallest absolute Gasteiger partial charge is 0.336 e. The van der Waals surface area contributed by atoms with Crippen molar-refractivity contribution in [3.63, 3.8) is 0 Å². The SMILES string of the molecule is C/C=C(/C)C(=O)OC1c2c(ccc3ccc(=O)oc23)OC(C)(C)C1OC1OC(COC2CC(CO)C(O)C(O)C2O)C(O)C(O)C1O.CC(C)=CCc1c(OC2OC(CO)C(O)C(O)C2O)ccc2ccc(=O)oc12.CC(C)=CCc1cc2ccc(=O)oc2cc1OC1OC(CO)C(O)C(O)C1O.CC1(C)Oc2ccc3ccc(=O)oc3c2C(O)C1OC1OC(CO)C(O)C(O)C1O. The van der Waals surface area contributed by atoms with Gasteiger partial charge in [-0.05, 0) is 161 Å². The number of esters is 1. The van der Waals surface area contributed by atoms with Crippen LogP contribution in [0.2, 0.25) is 0 Å². The van der Waals surface area contributed by atoms with Gasteiger partial charge in [-0.2, -0.15) is 0 Å². The van der Waals surface area contributed by atoms with E-state index in [0.717, 1.165) is 16.7 Å². The second-order valence-corrected chi connectivity index (χ2v) is 34.9. The minimum Gasteiger partial charge on any atom is -0.484 e. The minimum absolute atomic E-state index is 0.0282. The molecule has 728 valence electrons. The molecule has 4 aromatic carbocycles. The van der Waals surface area contributed by atoms with Crippen LogP contribution >= 0.6 is 0 Å². The number of aliphatic hydroxyl groups is 20. The molecule has 4 aromatic heterocycles. The van der Waals surface area contributed by atoms with Gasteiger partial charge in [-0.1, -0.05) is 29.4 Å². The molecule has 0 radical (unpaired) electrons. The van der Waals surface area contributed by atoms with E-state index in [-0.39, 0.29) is 40.0 Å². The Balaban J connectivity index is 0.000000164. The topological polar surface area (TPSA) is 653 Å². The van der Waals surface area contributed by atoms with Crippen molar-refractivity contribution in [2.24, 2.45) is 5.92 Å². The molecule has 29 unspecified atom stereocenters. The molecule has 0 bridgehead atoms. The number of benzene rings is 4. The van der Waals surface area contributed by atoms with Crippen LogP contribution in [0, 0.1) is 5.92 Å². The van der Waals surface area contributed by atoms with Crippen LogP contribution in [-0.2, 0) is 55.5 Å². The Morgan fingerprint density at radius 2 is 0.827 bits per heavy atom. The average Bonchev–Trinajstić information content (AvgIpc) is 0.739. The molecule has 15 rings (SSSR count). The monoisotopic (exact) mass is 1870 g/mol. The maximum atomic E-state index is 13.1. The third-order valence-corrected chi connectivity index (χ3v) is 24.0. The Kier molecular flexibility index (Phi) is 33.3. The van der Waals surface area contributed by atoms with E-state index in [2.05, 4.69) is 0 Å². The van der Waals surface area contributed by atoms with Crippen LogP contribution in [0.5, 0.6) is 23.0 Å². The van der Waals surface area contributed by atoms with Gasteiger partial charge in [-0.25, -0.2) is 24.0 Å². The van der Waals surface area contributed by atoms with Crippen LogP contribution in [0.1, 0.15) is 110 Å². The molecule has 0 spiro atoms. The zero-order valence-corrected chi connectivity index (χ0v) is 73.9. The first-order valence-corrected chi connectivity index (χ1v) is 42.9. The standard InChI is InChI=1S/C32H42O15.C20H24O10.2C20H24O8/c1-5-13(2)30(41)45-28-20-16(8-6-14-7-9-19(34)44-27(14)20)47-32(3,4)29(28)46-31-26(40)25(39)23(37)18(43-31)12-42-17-10-15(11-33)21(35)24(38)22(17)36;1-20(2)18(29-19-16(26)15(25)13(23)10(7-21)27-19)14(24)12-9(30-20)5-3-8-4-6-11(22)28-17(8)12;1-10(2)3-6-12-13(7-4-11-5-8-15(22)28-19(11)12)26-20-18(25)17(24)16(23)14(9-21)27-20;1-10(2)3-4-11-7-12-5-6-16(22)26-13(12)8-14(11)27-20-19(25)18(24)17(23)15(9-21)28-20/h5-9,15,17-18,21-26,28-29,31,33,35-40H,10-12H2,1-4H3;3-6,10,13-16,18-19,21,23-26H,7H2,1-2H3;3-5,7-8,14,16-18,20-21,23-25H,6,9H2,1-2H3;3,5-8,15,17-21,23-25H,4,9H2,1-2H3/b13-5-;;;. The molecule has 0 amide bonds. The number of hydrogen-bond donors (Lipinski definition) is 20. The summed E-state index contributed by atoms with van der Waals surface area (Å²) in [5.41, 5.74) is 0.344.